The molecule has 2 rings (SSSR count). The molecule has 0 atom stereocenters. The molecule has 0 saturated carbocycles. The second kappa shape index (κ2) is 4.75. The molecule has 0 fully saturated rings. The van der Waals surface area contributed by atoms with Crippen molar-refractivity contribution in [3.63, 3.8) is 0 Å². The summed E-state index contributed by atoms with van der Waals surface area (Å²) in [5, 5.41) is 5.05. The fraction of sp³-hybridized carbons (Fsp3) is 0.364. The highest BCUT2D eigenvalue weighted by Gasteiger charge is 2.11. The van der Waals surface area contributed by atoms with E-state index in [1.807, 2.05) is 27.0 Å². The molecule has 0 bridgehead atoms. The first kappa shape index (κ1) is 11.9. The molecular weight excluding hydrogens is 234 g/mol. The molecule has 0 aliphatic rings. The van der Waals surface area contributed by atoms with E-state index in [1.54, 1.807) is 22.6 Å². The summed E-state index contributed by atoms with van der Waals surface area (Å²) in [5.41, 5.74) is 8.94. The Kier molecular flexibility index (Phi) is 3.33. The topological polar surface area (TPSA) is 69.6 Å². The number of anilines is 1. The van der Waals surface area contributed by atoms with Crippen LogP contribution >= 0.6 is 11.8 Å². The Hall–Kier alpha value is -1.56. The van der Waals surface area contributed by atoms with Gasteiger partial charge in [-0.25, -0.2) is 9.97 Å². The van der Waals surface area contributed by atoms with E-state index < -0.39 is 0 Å². The summed E-state index contributed by atoms with van der Waals surface area (Å²) in [6, 6.07) is 1.88. The molecule has 0 aliphatic carbocycles. The van der Waals surface area contributed by atoms with Gasteiger partial charge in [0, 0.05) is 30.3 Å². The van der Waals surface area contributed by atoms with E-state index >= 15 is 0 Å². The van der Waals surface area contributed by atoms with Gasteiger partial charge < -0.3 is 5.73 Å². The summed E-state index contributed by atoms with van der Waals surface area (Å²) in [5.74, 6) is 1.46. The molecule has 6 heteroatoms. The van der Waals surface area contributed by atoms with Crippen molar-refractivity contribution >= 4 is 17.6 Å². The molecule has 90 valence electrons. The van der Waals surface area contributed by atoms with Crippen LogP contribution in [0, 0.1) is 13.8 Å². The van der Waals surface area contributed by atoms with Gasteiger partial charge in [-0.2, -0.15) is 5.10 Å². The molecule has 0 radical (unpaired) electrons. The van der Waals surface area contributed by atoms with E-state index in [0.29, 0.717) is 5.82 Å². The lowest BCUT2D eigenvalue weighted by Gasteiger charge is -2.01. The zero-order valence-corrected chi connectivity index (χ0v) is 11.0. The Morgan fingerprint density at radius 2 is 2.18 bits per heavy atom. The maximum atomic E-state index is 5.94. The number of nitrogens with zero attached hydrogens (tertiary/aromatic N) is 4. The second-order valence-corrected chi connectivity index (χ2v) is 4.78. The highest BCUT2D eigenvalue weighted by atomic mass is 32.2. The van der Waals surface area contributed by atoms with Gasteiger partial charge in [0.1, 0.15) is 5.82 Å². The predicted octanol–water partition coefficient (Wildman–Crippen LogP) is 1.70. The van der Waals surface area contributed by atoms with E-state index in [9.17, 15) is 0 Å². The van der Waals surface area contributed by atoms with Gasteiger partial charge in [-0.3, -0.25) is 4.68 Å². The van der Waals surface area contributed by atoms with Crippen molar-refractivity contribution in [3.8, 4) is 0 Å². The van der Waals surface area contributed by atoms with Crippen molar-refractivity contribution in [2.24, 2.45) is 7.05 Å². The van der Waals surface area contributed by atoms with Crippen LogP contribution in [-0.4, -0.2) is 19.7 Å². The maximum absolute atomic E-state index is 5.94. The lowest BCUT2D eigenvalue weighted by Crippen LogP contribution is -1.99. The summed E-state index contributed by atoms with van der Waals surface area (Å²) >= 11 is 1.57. The fourth-order valence-electron chi connectivity index (χ4n) is 1.53. The summed E-state index contributed by atoms with van der Waals surface area (Å²) in [6.45, 7) is 3.92. The van der Waals surface area contributed by atoms with E-state index in [0.717, 1.165) is 27.9 Å². The number of aromatic nitrogens is 4. The molecule has 0 unspecified atom stereocenters. The Labute approximate surface area is 104 Å². The van der Waals surface area contributed by atoms with Crippen LogP contribution in [-0.2, 0) is 12.8 Å². The van der Waals surface area contributed by atoms with Crippen LogP contribution in [0.3, 0.4) is 0 Å². The van der Waals surface area contributed by atoms with Crippen LogP contribution in [0.4, 0.5) is 5.82 Å². The fourth-order valence-corrected chi connectivity index (χ4v) is 2.50. The summed E-state index contributed by atoms with van der Waals surface area (Å²) in [4.78, 5) is 8.54. The van der Waals surface area contributed by atoms with Gasteiger partial charge in [0.15, 0.2) is 5.16 Å². The number of nitrogen functional groups attached to an aromatic ring is 1. The zero-order chi connectivity index (χ0) is 12.4. The second-order valence-electron chi connectivity index (χ2n) is 3.84. The van der Waals surface area contributed by atoms with Gasteiger partial charge in [-0.1, -0.05) is 11.8 Å². The van der Waals surface area contributed by atoms with E-state index in [-0.39, 0.29) is 0 Å². The molecule has 0 amide bonds. The molecule has 5 nitrogen and oxygen atoms in total. The third-order valence-electron chi connectivity index (χ3n) is 2.51. The van der Waals surface area contributed by atoms with Crippen LogP contribution in [0.25, 0.3) is 0 Å². The predicted molar refractivity (Wildman–Crippen MR) is 68.7 cm³/mol. The van der Waals surface area contributed by atoms with Gasteiger partial charge in [-0.15, -0.1) is 0 Å². The zero-order valence-electron chi connectivity index (χ0n) is 10.1. The molecule has 2 heterocycles. The van der Waals surface area contributed by atoms with E-state index in [4.69, 9.17) is 5.73 Å². The minimum Gasteiger partial charge on any atom is -0.384 e. The highest BCUT2D eigenvalue weighted by molar-refractivity contribution is 7.98. The Morgan fingerprint density at radius 1 is 1.41 bits per heavy atom. The van der Waals surface area contributed by atoms with Crippen molar-refractivity contribution in [2.45, 2.75) is 24.8 Å². The average molecular weight is 249 g/mol. The van der Waals surface area contributed by atoms with Gasteiger partial charge in [-0.05, 0) is 19.9 Å². The minimum absolute atomic E-state index is 0.711. The largest absolute Gasteiger partial charge is 0.384 e. The quantitative estimate of drug-likeness (QED) is 0.662. The van der Waals surface area contributed by atoms with E-state index in [2.05, 4.69) is 15.1 Å². The maximum Gasteiger partial charge on any atom is 0.188 e. The van der Waals surface area contributed by atoms with Crippen molar-refractivity contribution in [3.05, 3.63) is 29.2 Å². The summed E-state index contributed by atoms with van der Waals surface area (Å²) < 4.78 is 1.70. The Morgan fingerprint density at radius 3 is 2.76 bits per heavy atom. The molecule has 2 N–H and O–H groups in total. The molecule has 17 heavy (non-hydrogen) atoms. The molecule has 2 aromatic rings. The van der Waals surface area contributed by atoms with Crippen LogP contribution in [0.15, 0.2) is 17.4 Å². The first-order valence-corrected chi connectivity index (χ1v) is 6.27. The average Bonchev–Trinajstić information content (AvgIpc) is 2.51. The molecular formula is C11H15N5S. The van der Waals surface area contributed by atoms with Gasteiger partial charge >= 0.3 is 0 Å². The molecule has 0 saturated heterocycles. The number of hydrogen-bond acceptors (Lipinski definition) is 5. The van der Waals surface area contributed by atoms with Crippen LogP contribution in [0.2, 0.25) is 0 Å². The third kappa shape index (κ3) is 2.58. The van der Waals surface area contributed by atoms with Gasteiger partial charge in [0.25, 0.3) is 0 Å². The number of thioether (sulfide) groups is 1. The van der Waals surface area contributed by atoms with Gasteiger partial charge in [0.2, 0.25) is 0 Å². The van der Waals surface area contributed by atoms with Crippen LogP contribution in [0.1, 0.15) is 17.0 Å². The first-order valence-electron chi connectivity index (χ1n) is 5.28. The summed E-state index contributed by atoms with van der Waals surface area (Å²) in [7, 11) is 1.85. The number of aryl methyl sites for hydroxylation is 3. The van der Waals surface area contributed by atoms with Gasteiger partial charge in [0.05, 0.1) is 5.69 Å². The lowest BCUT2D eigenvalue weighted by molar-refractivity contribution is 0.767. The molecule has 0 aliphatic heterocycles. The highest BCUT2D eigenvalue weighted by Crippen LogP contribution is 2.24. The van der Waals surface area contributed by atoms with Crippen molar-refractivity contribution in [2.75, 3.05) is 5.73 Å². The first-order chi connectivity index (χ1) is 8.08. The van der Waals surface area contributed by atoms with Crippen LogP contribution < -0.4 is 5.73 Å². The number of hydrogen-bond donors (Lipinski definition) is 1. The summed E-state index contributed by atoms with van der Waals surface area (Å²) in [6.07, 6.45) is 1.77. The standard InChI is InChI=1S/C11H15N5S/c1-7-4-5-13-11(14-7)17-6-9-8(2)15-16(3)10(9)12/h4-5H,6,12H2,1-3H3. The smallest absolute Gasteiger partial charge is 0.188 e. The van der Waals surface area contributed by atoms with E-state index in [1.165, 1.54) is 0 Å². The number of rotatable bonds is 3. The monoisotopic (exact) mass is 249 g/mol. The lowest BCUT2D eigenvalue weighted by atomic mass is 10.3. The normalized spacial score (nSPS) is 10.8. The minimum atomic E-state index is 0.711. The Balaban J connectivity index is 2.12. The molecule has 0 spiro atoms. The van der Waals surface area contributed by atoms with Crippen molar-refractivity contribution in [1.29, 1.82) is 0 Å². The van der Waals surface area contributed by atoms with Crippen LogP contribution in [0.5, 0.6) is 0 Å². The van der Waals surface area contributed by atoms with Crippen molar-refractivity contribution in [1.82, 2.24) is 19.7 Å². The third-order valence-corrected chi connectivity index (χ3v) is 3.40. The van der Waals surface area contributed by atoms with Crippen molar-refractivity contribution < 1.29 is 0 Å². The number of nitrogens with two attached hydrogens (primary N) is 1. The molecule has 0 aromatic carbocycles. The molecule has 2 aromatic heterocycles. The SMILES string of the molecule is Cc1ccnc(SCc2c(C)nn(C)c2N)n1. The Bertz CT molecular complexity index is 535.